The summed E-state index contributed by atoms with van der Waals surface area (Å²) in [5.74, 6) is 0. The predicted molar refractivity (Wildman–Crippen MR) is 85.2 cm³/mol. The van der Waals surface area contributed by atoms with Gasteiger partial charge in [-0.3, -0.25) is 4.90 Å². The van der Waals surface area contributed by atoms with Crippen molar-refractivity contribution in [1.82, 2.24) is 0 Å². The zero-order valence-electron chi connectivity index (χ0n) is 12.8. The Morgan fingerprint density at radius 1 is 1.36 bits per heavy atom. The molecule has 1 aromatic rings. The molecule has 2 N–H and O–H groups in total. The number of unbranched alkanes of at least 4 members (excludes halogenated alkanes) is 1. The molecule has 0 aliphatic carbocycles. The molecule has 22 heavy (non-hydrogen) atoms. The number of hydrogen-bond acceptors (Lipinski definition) is 4. The number of ether oxygens (including phenoxy) is 2. The molecule has 1 atom stereocenters. The minimum Gasteiger partial charge on any atom is -0.449 e. The van der Waals surface area contributed by atoms with Gasteiger partial charge in [-0.25, -0.2) is 9.59 Å². The van der Waals surface area contributed by atoms with Crippen LogP contribution < -0.4 is 10.6 Å². The molecule has 0 unspecified atom stereocenters. The molecule has 0 fully saturated rings. The van der Waals surface area contributed by atoms with E-state index in [0.29, 0.717) is 17.3 Å². The lowest BCUT2D eigenvalue weighted by Crippen LogP contribution is -2.42. The number of amides is 2. The van der Waals surface area contributed by atoms with Crippen LogP contribution in [0.4, 0.5) is 15.3 Å². The molecule has 0 aliphatic rings. The molecular weight excluding hydrogens is 308 g/mol. The van der Waals surface area contributed by atoms with Crippen molar-refractivity contribution in [2.45, 2.75) is 32.7 Å². The monoisotopic (exact) mass is 328 g/mol. The van der Waals surface area contributed by atoms with E-state index >= 15 is 0 Å². The fourth-order valence-electron chi connectivity index (χ4n) is 1.82. The van der Waals surface area contributed by atoms with E-state index < -0.39 is 18.2 Å². The molecule has 6 nitrogen and oxygen atoms in total. The van der Waals surface area contributed by atoms with Gasteiger partial charge in [-0.2, -0.15) is 0 Å². The van der Waals surface area contributed by atoms with Crippen molar-refractivity contribution in [2.75, 3.05) is 18.1 Å². The van der Waals surface area contributed by atoms with E-state index in [4.69, 9.17) is 26.8 Å². The number of rotatable bonds is 7. The third-order valence-electron chi connectivity index (χ3n) is 2.91. The van der Waals surface area contributed by atoms with E-state index in [1.54, 1.807) is 31.2 Å². The smallest absolute Gasteiger partial charge is 0.414 e. The summed E-state index contributed by atoms with van der Waals surface area (Å²) in [5, 5.41) is 0.492. The zero-order chi connectivity index (χ0) is 16.5. The number of benzene rings is 1. The fourth-order valence-corrected chi connectivity index (χ4v) is 2.00. The maximum absolute atomic E-state index is 12.3. The van der Waals surface area contributed by atoms with Crippen molar-refractivity contribution in [3.05, 3.63) is 29.3 Å². The van der Waals surface area contributed by atoms with Gasteiger partial charge in [0.2, 0.25) is 0 Å². The molecule has 0 spiro atoms. The quantitative estimate of drug-likeness (QED) is 0.776. The Hall–Kier alpha value is -1.95. The van der Waals surface area contributed by atoms with Crippen molar-refractivity contribution in [3.63, 3.8) is 0 Å². The van der Waals surface area contributed by atoms with Gasteiger partial charge in [-0.05, 0) is 31.5 Å². The van der Waals surface area contributed by atoms with Crippen molar-refractivity contribution in [2.24, 2.45) is 5.73 Å². The van der Waals surface area contributed by atoms with Crippen molar-refractivity contribution < 1.29 is 19.1 Å². The summed E-state index contributed by atoms with van der Waals surface area (Å²) in [6.07, 6.45) is 0.292. The summed E-state index contributed by atoms with van der Waals surface area (Å²) < 4.78 is 10.0. The van der Waals surface area contributed by atoms with E-state index in [1.165, 1.54) is 4.90 Å². The number of carbonyl (C=O) groups is 2. The van der Waals surface area contributed by atoms with Crippen LogP contribution in [0.5, 0.6) is 0 Å². The van der Waals surface area contributed by atoms with Crippen LogP contribution in [-0.2, 0) is 9.47 Å². The van der Waals surface area contributed by atoms with Crippen LogP contribution in [0, 0.1) is 0 Å². The van der Waals surface area contributed by atoms with Gasteiger partial charge in [0, 0.05) is 10.7 Å². The molecule has 2 amide bonds. The molecule has 0 aliphatic heterocycles. The number of nitrogens with zero attached hydrogens (tertiary/aromatic N) is 1. The average molecular weight is 329 g/mol. The summed E-state index contributed by atoms with van der Waals surface area (Å²) in [6.45, 7) is 4.03. The topological polar surface area (TPSA) is 81.9 Å². The van der Waals surface area contributed by atoms with Crippen molar-refractivity contribution in [1.29, 1.82) is 0 Å². The first-order valence-electron chi connectivity index (χ1n) is 7.09. The summed E-state index contributed by atoms with van der Waals surface area (Å²) >= 11 is 5.97. The van der Waals surface area contributed by atoms with Crippen molar-refractivity contribution >= 4 is 29.5 Å². The molecule has 0 radical (unpaired) electrons. The van der Waals surface area contributed by atoms with E-state index in [0.717, 1.165) is 12.8 Å². The molecule has 122 valence electrons. The lowest BCUT2D eigenvalue weighted by Gasteiger charge is -2.28. The molecule has 0 saturated carbocycles. The zero-order valence-corrected chi connectivity index (χ0v) is 13.5. The third-order valence-corrected chi connectivity index (χ3v) is 3.15. The average Bonchev–Trinajstić information content (AvgIpc) is 2.46. The molecular formula is C15H21ClN2O4. The number of halogens is 1. The van der Waals surface area contributed by atoms with E-state index in [2.05, 4.69) is 0 Å². The predicted octanol–water partition coefficient (Wildman–Crippen LogP) is 3.57. The number of carbonyl (C=O) groups excluding carboxylic acids is 2. The largest absolute Gasteiger partial charge is 0.449 e. The summed E-state index contributed by atoms with van der Waals surface area (Å²) in [7, 11) is 0. The normalized spacial score (nSPS) is 11.6. The fraction of sp³-hybridized carbons (Fsp3) is 0.467. The second-order valence-corrected chi connectivity index (χ2v) is 5.23. The van der Waals surface area contributed by atoms with Gasteiger partial charge in [-0.1, -0.05) is 31.0 Å². The van der Waals surface area contributed by atoms with Crippen molar-refractivity contribution in [3.8, 4) is 0 Å². The summed E-state index contributed by atoms with van der Waals surface area (Å²) in [5.41, 5.74) is 5.53. The number of primary amides is 1. The van der Waals surface area contributed by atoms with Gasteiger partial charge in [-0.15, -0.1) is 0 Å². The Labute approximate surface area is 135 Å². The van der Waals surface area contributed by atoms with Gasteiger partial charge >= 0.3 is 12.2 Å². The highest BCUT2D eigenvalue weighted by Crippen LogP contribution is 2.22. The Balaban J connectivity index is 2.88. The minimum atomic E-state index is -0.891. The number of hydrogen-bond donors (Lipinski definition) is 1. The number of anilines is 1. The Morgan fingerprint density at radius 2 is 2.09 bits per heavy atom. The lowest BCUT2D eigenvalue weighted by molar-refractivity contribution is 0.134. The van der Waals surface area contributed by atoms with E-state index in [9.17, 15) is 9.59 Å². The third kappa shape index (κ3) is 5.81. The van der Waals surface area contributed by atoms with Crippen LogP contribution >= 0.6 is 11.6 Å². The Morgan fingerprint density at radius 3 is 2.68 bits per heavy atom. The number of nitrogens with two attached hydrogens (primary N) is 1. The first-order chi connectivity index (χ1) is 10.5. The summed E-state index contributed by atoms with van der Waals surface area (Å²) in [4.78, 5) is 24.4. The van der Waals surface area contributed by atoms with Crippen LogP contribution in [0.15, 0.2) is 24.3 Å². The van der Waals surface area contributed by atoms with Crippen LogP contribution in [0.2, 0.25) is 5.02 Å². The molecule has 1 rings (SSSR count). The van der Waals surface area contributed by atoms with E-state index in [-0.39, 0.29) is 6.61 Å². The second-order valence-electron chi connectivity index (χ2n) is 4.80. The molecule has 0 aromatic heterocycles. The summed E-state index contributed by atoms with van der Waals surface area (Å²) in [6, 6.07) is 6.36. The van der Waals surface area contributed by atoms with Gasteiger partial charge < -0.3 is 15.2 Å². The molecule has 1 aromatic carbocycles. The van der Waals surface area contributed by atoms with Gasteiger partial charge in [0.25, 0.3) is 0 Å². The molecule has 0 heterocycles. The van der Waals surface area contributed by atoms with Crippen LogP contribution in [0.25, 0.3) is 0 Å². The van der Waals surface area contributed by atoms with Crippen LogP contribution in [0.3, 0.4) is 0 Å². The minimum absolute atomic E-state index is 0.0370. The van der Waals surface area contributed by atoms with E-state index in [1.807, 2.05) is 6.92 Å². The Kier molecular flexibility index (Phi) is 7.52. The van der Waals surface area contributed by atoms with Gasteiger partial charge in [0.1, 0.15) is 6.61 Å². The highest BCUT2D eigenvalue weighted by atomic mass is 35.5. The van der Waals surface area contributed by atoms with Crippen LogP contribution in [-0.4, -0.2) is 31.4 Å². The SMILES string of the molecule is CCCCOC(=O)N(c1cccc(Cl)c1)[C@@H](C)COC(N)=O. The van der Waals surface area contributed by atoms with Gasteiger partial charge in [0.15, 0.2) is 0 Å². The second kappa shape index (κ2) is 9.15. The molecule has 0 saturated heterocycles. The first kappa shape index (κ1) is 18.1. The lowest BCUT2D eigenvalue weighted by atomic mass is 10.2. The maximum atomic E-state index is 12.3. The first-order valence-corrected chi connectivity index (χ1v) is 7.47. The van der Waals surface area contributed by atoms with Gasteiger partial charge in [0.05, 0.1) is 12.6 Å². The maximum Gasteiger partial charge on any atom is 0.414 e. The highest BCUT2D eigenvalue weighted by Gasteiger charge is 2.24. The molecule has 7 heteroatoms. The standard InChI is InChI=1S/C15H21ClN2O4/c1-3-4-8-21-15(20)18(11(2)10-22-14(17)19)13-7-5-6-12(16)9-13/h5-7,9,11H,3-4,8,10H2,1-2H3,(H2,17,19)/t11-/m0/s1. The molecule has 0 bridgehead atoms. The van der Waals surface area contributed by atoms with Crippen LogP contribution in [0.1, 0.15) is 26.7 Å². The Bertz CT molecular complexity index is 510. The highest BCUT2D eigenvalue weighted by molar-refractivity contribution is 6.30.